The molecule has 0 aromatic carbocycles. The highest BCUT2D eigenvalue weighted by atomic mass is 35.5. The molecular weight excluding hydrogens is 377 g/mol. The molecule has 146 valence electrons. The third-order valence-electron chi connectivity index (χ3n) is 2.75. The first kappa shape index (κ1) is 24.4. The molecule has 0 aromatic heterocycles. The zero-order chi connectivity index (χ0) is 19.1. The average Bonchev–Trinajstić information content (AvgIpc) is 2.32. The van der Waals surface area contributed by atoms with Crippen LogP contribution in [0.15, 0.2) is 0 Å². The van der Waals surface area contributed by atoms with E-state index in [2.05, 4.69) is 0 Å². The van der Waals surface area contributed by atoms with Gasteiger partial charge in [-0.25, -0.2) is 8.42 Å². The Hall–Kier alpha value is 0.370. The normalized spacial score (nSPS) is 14.2. The van der Waals surface area contributed by atoms with E-state index >= 15 is 0 Å². The molecule has 0 bridgehead atoms. The van der Waals surface area contributed by atoms with E-state index in [0.717, 1.165) is 0 Å². The molecule has 0 aliphatic carbocycles. The predicted molar refractivity (Wildman–Crippen MR) is 98.5 cm³/mol. The van der Waals surface area contributed by atoms with Crippen LogP contribution in [0.4, 0.5) is 0 Å². The third-order valence-corrected chi connectivity index (χ3v) is 6.18. The van der Waals surface area contributed by atoms with Gasteiger partial charge in [0.15, 0.2) is 9.84 Å². The smallest absolute Gasteiger partial charge is 0.219 e. The molecule has 0 atom stereocenters. The first-order valence-corrected chi connectivity index (χ1v) is 10.3. The van der Waals surface area contributed by atoms with Gasteiger partial charge in [0.25, 0.3) is 0 Å². The van der Waals surface area contributed by atoms with Gasteiger partial charge >= 0.3 is 0 Å². The first-order chi connectivity index (χ1) is 10.7. The van der Waals surface area contributed by atoms with E-state index in [1.54, 1.807) is 13.8 Å². The minimum Gasteiger partial charge on any atom is -0.378 e. The number of halogens is 2. The van der Waals surface area contributed by atoms with Gasteiger partial charge in [-0.3, -0.25) is 0 Å². The fourth-order valence-corrected chi connectivity index (χ4v) is 4.07. The molecule has 0 aliphatic rings. The standard InChI is InChI=1S/C15H31Cl2NO5S/c1-13(2,3)23-9-8-21-6-7-22-10-11-24(19,20)15(16,17)12-14(4,5)18/h6-12,18H2,1-5H3. The summed E-state index contributed by atoms with van der Waals surface area (Å²) in [5, 5.41) is 0. The van der Waals surface area contributed by atoms with Crippen molar-refractivity contribution in [2.24, 2.45) is 5.73 Å². The van der Waals surface area contributed by atoms with Gasteiger partial charge in [-0.05, 0) is 34.6 Å². The Balaban J connectivity index is 3.91. The monoisotopic (exact) mass is 407 g/mol. The highest BCUT2D eigenvalue weighted by Gasteiger charge is 2.42. The minimum atomic E-state index is -3.75. The van der Waals surface area contributed by atoms with Crippen molar-refractivity contribution in [1.82, 2.24) is 0 Å². The van der Waals surface area contributed by atoms with E-state index in [1.165, 1.54) is 0 Å². The molecule has 0 saturated carbocycles. The molecule has 0 aromatic rings. The maximum Gasteiger partial charge on any atom is 0.219 e. The van der Waals surface area contributed by atoms with Crippen molar-refractivity contribution in [1.29, 1.82) is 0 Å². The molecule has 0 saturated heterocycles. The highest BCUT2D eigenvalue weighted by Crippen LogP contribution is 2.36. The van der Waals surface area contributed by atoms with Gasteiger partial charge in [-0.1, -0.05) is 23.2 Å². The van der Waals surface area contributed by atoms with Crippen LogP contribution < -0.4 is 5.73 Å². The van der Waals surface area contributed by atoms with Gasteiger partial charge in [0.1, 0.15) is 0 Å². The molecule has 0 amide bonds. The fourth-order valence-electron chi connectivity index (χ4n) is 1.69. The second-order valence-electron chi connectivity index (χ2n) is 7.31. The summed E-state index contributed by atoms with van der Waals surface area (Å²) in [6.07, 6.45) is -0.0671. The quantitative estimate of drug-likeness (QED) is 0.394. The maximum atomic E-state index is 12.2. The highest BCUT2D eigenvalue weighted by molar-refractivity contribution is 7.95. The lowest BCUT2D eigenvalue weighted by Gasteiger charge is -2.28. The van der Waals surface area contributed by atoms with Gasteiger partial charge in [-0.2, -0.15) is 0 Å². The Morgan fingerprint density at radius 2 is 1.33 bits per heavy atom. The third kappa shape index (κ3) is 11.8. The minimum absolute atomic E-state index is 0.00360. The summed E-state index contributed by atoms with van der Waals surface area (Å²) >= 11 is 11.9. The largest absolute Gasteiger partial charge is 0.378 e. The molecule has 0 fully saturated rings. The van der Waals surface area contributed by atoms with Crippen LogP contribution in [0, 0.1) is 0 Å². The lowest BCUT2D eigenvalue weighted by atomic mass is 10.0. The summed E-state index contributed by atoms with van der Waals surface area (Å²) in [7, 11) is -3.75. The summed E-state index contributed by atoms with van der Waals surface area (Å²) in [6.45, 7) is 10.8. The molecule has 9 heteroatoms. The molecule has 0 heterocycles. The SMILES string of the molecule is CC(C)(N)CC(Cl)(Cl)S(=O)(=O)CCOCCOCCOC(C)(C)C. The van der Waals surface area contributed by atoms with Gasteiger partial charge in [0, 0.05) is 12.0 Å². The van der Waals surface area contributed by atoms with Gasteiger partial charge in [0.05, 0.1) is 44.4 Å². The van der Waals surface area contributed by atoms with Crippen molar-refractivity contribution in [3.8, 4) is 0 Å². The number of hydrogen-bond donors (Lipinski definition) is 1. The topological polar surface area (TPSA) is 87.9 Å². The Morgan fingerprint density at radius 1 is 0.875 bits per heavy atom. The van der Waals surface area contributed by atoms with Crippen molar-refractivity contribution < 1.29 is 22.6 Å². The van der Waals surface area contributed by atoms with Crippen LogP contribution in [-0.4, -0.2) is 62.0 Å². The molecule has 0 spiro atoms. The molecule has 6 nitrogen and oxygen atoms in total. The lowest BCUT2D eigenvalue weighted by Crippen LogP contribution is -2.43. The molecule has 2 N–H and O–H groups in total. The number of rotatable bonds is 12. The molecule has 24 heavy (non-hydrogen) atoms. The van der Waals surface area contributed by atoms with Crippen LogP contribution in [0.25, 0.3) is 0 Å². The van der Waals surface area contributed by atoms with Gasteiger partial charge < -0.3 is 19.9 Å². The average molecular weight is 408 g/mol. The first-order valence-electron chi connectivity index (χ1n) is 7.85. The van der Waals surface area contributed by atoms with Crippen molar-refractivity contribution >= 4 is 33.0 Å². The lowest BCUT2D eigenvalue weighted by molar-refractivity contribution is -0.0418. The van der Waals surface area contributed by atoms with Crippen LogP contribution in [0.2, 0.25) is 0 Å². The van der Waals surface area contributed by atoms with Crippen molar-refractivity contribution in [3.05, 3.63) is 0 Å². The molecular formula is C15H31Cl2NO5S. The Bertz CT molecular complexity index is 455. The molecule has 0 aliphatic heterocycles. The molecule has 0 radical (unpaired) electrons. The molecule has 0 rings (SSSR count). The second-order valence-corrected chi connectivity index (χ2v) is 11.6. The Labute approximate surface area is 156 Å². The fraction of sp³-hybridized carbons (Fsp3) is 1.00. The van der Waals surface area contributed by atoms with E-state index in [-0.39, 0.29) is 31.0 Å². The second kappa shape index (κ2) is 9.90. The van der Waals surface area contributed by atoms with Crippen molar-refractivity contribution in [2.75, 3.05) is 38.8 Å². The molecule has 0 unspecified atom stereocenters. The van der Waals surface area contributed by atoms with Crippen LogP contribution >= 0.6 is 23.2 Å². The van der Waals surface area contributed by atoms with E-state index in [1.807, 2.05) is 20.8 Å². The summed E-state index contributed by atoms with van der Waals surface area (Å²) in [5.74, 6) is -0.275. The zero-order valence-corrected chi connectivity index (χ0v) is 17.6. The van der Waals surface area contributed by atoms with E-state index in [4.69, 9.17) is 43.1 Å². The number of sulfone groups is 1. The number of hydrogen-bond acceptors (Lipinski definition) is 6. The van der Waals surface area contributed by atoms with E-state index in [0.29, 0.717) is 19.8 Å². The van der Waals surface area contributed by atoms with Crippen molar-refractivity contribution in [2.45, 2.75) is 55.8 Å². The van der Waals surface area contributed by atoms with Crippen LogP contribution in [0.1, 0.15) is 41.0 Å². The predicted octanol–water partition coefficient (Wildman–Crippen LogP) is 2.51. The van der Waals surface area contributed by atoms with Crippen LogP contribution in [-0.2, 0) is 24.0 Å². The number of ether oxygens (including phenoxy) is 3. The van der Waals surface area contributed by atoms with E-state index < -0.39 is 19.0 Å². The number of alkyl halides is 2. The van der Waals surface area contributed by atoms with Crippen LogP contribution in [0.3, 0.4) is 0 Å². The number of nitrogens with two attached hydrogens (primary N) is 1. The summed E-state index contributed by atoms with van der Waals surface area (Å²) in [4.78, 5) is 0. The maximum absolute atomic E-state index is 12.2. The van der Waals surface area contributed by atoms with Gasteiger partial charge in [0.2, 0.25) is 3.67 Å². The summed E-state index contributed by atoms with van der Waals surface area (Å²) in [5.41, 5.74) is 4.80. The Morgan fingerprint density at radius 3 is 1.79 bits per heavy atom. The van der Waals surface area contributed by atoms with Crippen LogP contribution in [0.5, 0.6) is 0 Å². The Kier molecular flexibility index (Phi) is 10.1. The summed E-state index contributed by atoms with van der Waals surface area (Å²) < 4.78 is 38.4. The summed E-state index contributed by atoms with van der Waals surface area (Å²) in [6, 6.07) is 0. The zero-order valence-electron chi connectivity index (χ0n) is 15.2. The van der Waals surface area contributed by atoms with Crippen molar-refractivity contribution in [3.63, 3.8) is 0 Å². The van der Waals surface area contributed by atoms with Gasteiger partial charge in [-0.15, -0.1) is 0 Å². The van der Waals surface area contributed by atoms with E-state index in [9.17, 15) is 8.42 Å².